The van der Waals surface area contributed by atoms with Crippen molar-refractivity contribution in [3.63, 3.8) is 0 Å². The number of rotatable bonds is 49. The van der Waals surface area contributed by atoms with Crippen molar-refractivity contribution in [1.29, 1.82) is 0 Å². The number of ether oxygens (including phenoxy) is 3. The van der Waals surface area contributed by atoms with Crippen LogP contribution in [0.15, 0.2) is 24.3 Å². The number of hydrogen-bond donors (Lipinski definition) is 6. The standard InChI is InChI=1S/C57H107NO10/c1-3-5-7-9-11-13-14-15-16-17-18-19-20-21-25-29-33-37-41-45-53(62)66-46-42-38-34-30-26-23-22-24-28-32-36-40-44-52(61)58-49(50(60)43-39-35-31-27-12-10-8-6-4-2)48-67-57-56(65)55(64)54(63)51(47-59)68-57/h15-16,39,43,49-51,54-57,59-60,63-65H,3-14,17-38,40-42,44-48H2,1-2H3,(H,58,61)/b16-15-,43-39+. The van der Waals surface area contributed by atoms with Crippen molar-refractivity contribution in [2.24, 2.45) is 0 Å². The normalized spacial score (nSPS) is 19.5. The van der Waals surface area contributed by atoms with Gasteiger partial charge in [-0.1, -0.05) is 218 Å². The lowest BCUT2D eigenvalue weighted by atomic mass is 9.99. The van der Waals surface area contributed by atoms with Crippen LogP contribution in [0.25, 0.3) is 0 Å². The molecule has 11 nitrogen and oxygen atoms in total. The van der Waals surface area contributed by atoms with Crippen LogP contribution in [0.3, 0.4) is 0 Å². The van der Waals surface area contributed by atoms with E-state index in [1.165, 1.54) is 167 Å². The Labute approximate surface area is 416 Å². The Morgan fingerprint density at radius 2 is 0.941 bits per heavy atom. The Hall–Kier alpha value is -1.86. The molecular formula is C57H107NO10. The molecular weight excluding hydrogens is 859 g/mol. The summed E-state index contributed by atoms with van der Waals surface area (Å²) in [6.07, 6.45) is 45.6. The van der Waals surface area contributed by atoms with Crippen LogP contribution >= 0.6 is 0 Å². The van der Waals surface area contributed by atoms with Crippen molar-refractivity contribution >= 4 is 11.9 Å². The number of allylic oxidation sites excluding steroid dienone is 3. The molecule has 11 heteroatoms. The van der Waals surface area contributed by atoms with E-state index in [2.05, 4.69) is 31.3 Å². The molecule has 1 amide bonds. The number of aliphatic hydroxyl groups excluding tert-OH is 5. The molecule has 68 heavy (non-hydrogen) atoms. The third-order valence-electron chi connectivity index (χ3n) is 13.6. The summed E-state index contributed by atoms with van der Waals surface area (Å²) in [4.78, 5) is 25.1. The fourth-order valence-corrected chi connectivity index (χ4v) is 8.96. The van der Waals surface area contributed by atoms with E-state index in [1.54, 1.807) is 6.08 Å². The van der Waals surface area contributed by atoms with Crippen LogP contribution in [-0.2, 0) is 23.8 Å². The molecule has 0 aromatic carbocycles. The van der Waals surface area contributed by atoms with Gasteiger partial charge in [-0.25, -0.2) is 0 Å². The lowest BCUT2D eigenvalue weighted by molar-refractivity contribution is -0.302. The van der Waals surface area contributed by atoms with Crippen molar-refractivity contribution in [1.82, 2.24) is 5.32 Å². The van der Waals surface area contributed by atoms with Crippen LogP contribution in [0, 0.1) is 0 Å². The first kappa shape index (κ1) is 64.2. The predicted octanol–water partition coefficient (Wildman–Crippen LogP) is 12.6. The van der Waals surface area contributed by atoms with Crippen LogP contribution in [0.1, 0.15) is 264 Å². The minimum Gasteiger partial charge on any atom is -0.466 e. The second-order valence-electron chi connectivity index (χ2n) is 20.0. The first-order chi connectivity index (χ1) is 33.2. The van der Waals surface area contributed by atoms with Gasteiger partial charge in [-0.2, -0.15) is 0 Å². The Bertz CT molecular complexity index is 1180. The number of amides is 1. The summed E-state index contributed by atoms with van der Waals surface area (Å²) in [6, 6.07) is -0.820. The molecule has 0 radical (unpaired) electrons. The van der Waals surface area contributed by atoms with Crippen LogP contribution in [0.5, 0.6) is 0 Å². The number of esters is 1. The average molecular weight is 966 g/mol. The van der Waals surface area contributed by atoms with Gasteiger partial charge in [-0.05, 0) is 57.8 Å². The monoisotopic (exact) mass is 966 g/mol. The Kier molecular flexibility index (Phi) is 44.8. The molecule has 7 atom stereocenters. The van der Waals surface area contributed by atoms with E-state index in [9.17, 15) is 35.1 Å². The van der Waals surface area contributed by atoms with Gasteiger partial charge in [0.25, 0.3) is 0 Å². The molecule has 0 spiro atoms. The summed E-state index contributed by atoms with van der Waals surface area (Å²) in [5.41, 5.74) is 0. The molecule has 0 bridgehead atoms. The smallest absolute Gasteiger partial charge is 0.305 e. The van der Waals surface area contributed by atoms with E-state index in [0.29, 0.717) is 19.4 Å². The van der Waals surface area contributed by atoms with Gasteiger partial charge in [0.15, 0.2) is 6.29 Å². The Morgan fingerprint density at radius 3 is 1.41 bits per heavy atom. The highest BCUT2D eigenvalue weighted by Crippen LogP contribution is 2.23. The molecule has 1 heterocycles. The van der Waals surface area contributed by atoms with Gasteiger partial charge < -0.3 is 45.1 Å². The summed E-state index contributed by atoms with van der Waals surface area (Å²) in [5, 5.41) is 54.1. The van der Waals surface area contributed by atoms with Crippen LogP contribution in [0.4, 0.5) is 0 Å². The summed E-state index contributed by atoms with van der Waals surface area (Å²) >= 11 is 0. The van der Waals surface area contributed by atoms with E-state index in [4.69, 9.17) is 14.2 Å². The number of aliphatic hydroxyl groups is 5. The van der Waals surface area contributed by atoms with Gasteiger partial charge in [0.1, 0.15) is 24.4 Å². The zero-order chi connectivity index (χ0) is 49.6. The van der Waals surface area contributed by atoms with Crippen molar-refractivity contribution in [3.8, 4) is 0 Å². The maximum absolute atomic E-state index is 13.0. The fraction of sp³-hybridized carbons (Fsp3) is 0.895. The summed E-state index contributed by atoms with van der Waals surface area (Å²) < 4.78 is 16.7. The lowest BCUT2D eigenvalue weighted by Gasteiger charge is -2.40. The Balaban J connectivity index is 2.05. The zero-order valence-electron chi connectivity index (χ0n) is 43.8. The highest BCUT2D eigenvalue weighted by molar-refractivity contribution is 5.76. The van der Waals surface area contributed by atoms with E-state index >= 15 is 0 Å². The topological polar surface area (TPSA) is 175 Å². The van der Waals surface area contributed by atoms with Gasteiger partial charge in [-0.3, -0.25) is 9.59 Å². The number of nitrogens with one attached hydrogen (secondary N) is 1. The second kappa shape index (κ2) is 47.5. The van der Waals surface area contributed by atoms with Gasteiger partial charge in [-0.15, -0.1) is 0 Å². The predicted molar refractivity (Wildman–Crippen MR) is 278 cm³/mol. The maximum atomic E-state index is 13.0. The Morgan fingerprint density at radius 1 is 0.529 bits per heavy atom. The van der Waals surface area contributed by atoms with Gasteiger partial charge >= 0.3 is 5.97 Å². The third-order valence-corrected chi connectivity index (χ3v) is 13.6. The van der Waals surface area contributed by atoms with Crippen LogP contribution < -0.4 is 5.32 Å². The third kappa shape index (κ3) is 37.0. The van der Waals surface area contributed by atoms with E-state index in [-0.39, 0.29) is 18.5 Å². The quantitative estimate of drug-likeness (QED) is 0.0196. The number of carbonyl (C=O) groups excluding carboxylic acids is 2. The van der Waals surface area contributed by atoms with Crippen LogP contribution in [-0.4, -0.2) is 100 Å². The number of hydrogen-bond acceptors (Lipinski definition) is 10. The first-order valence-electron chi connectivity index (χ1n) is 28.6. The number of carbonyl (C=O) groups is 2. The fourth-order valence-electron chi connectivity index (χ4n) is 8.96. The van der Waals surface area contributed by atoms with E-state index in [0.717, 1.165) is 70.6 Å². The SMILES string of the molecule is CCCCCCCC/C=C\CCCCCCCCCCCC(=O)OCCCCCCCCCCCCCCC(=O)NC(COC1OC(CO)C(O)C(O)C1O)C(O)/C=C/CCCCCCCCC. The van der Waals surface area contributed by atoms with E-state index < -0.39 is 49.5 Å². The molecule has 6 N–H and O–H groups in total. The lowest BCUT2D eigenvalue weighted by Crippen LogP contribution is -2.60. The highest BCUT2D eigenvalue weighted by Gasteiger charge is 2.44. The van der Waals surface area contributed by atoms with Gasteiger partial charge in [0.05, 0.1) is 32.0 Å². The van der Waals surface area contributed by atoms with Crippen LogP contribution in [0.2, 0.25) is 0 Å². The maximum Gasteiger partial charge on any atom is 0.305 e. The second-order valence-corrected chi connectivity index (χ2v) is 20.0. The molecule has 0 saturated carbocycles. The minimum absolute atomic E-state index is 0.0339. The van der Waals surface area contributed by atoms with Crippen molar-refractivity contribution in [3.05, 3.63) is 24.3 Å². The molecule has 7 unspecified atom stereocenters. The molecule has 0 aromatic rings. The minimum atomic E-state index is -1.58. The molecule has 0 aliphatic carbocycles. The molecule has 1 aliphatic heterocycles. The summed E-state index contributed by atoms with van der Waals surface area (Å²) in [5.74, 6) is -0.233. The van der Waals surface area contributed by atoms with Gasteiger partial charge in [0, 0.05) is 12.8 Å². The molecule has 1 aliphatic rings. The van der Waals surface area contributed by atoms with Crippen molar-refractivity contribution in [2.45, 2.75) is 307 Å². The molecule has 0 aromatic heterocycles. The van der Waals surface area contributed by atoms with E-state index in [1.807, 2.05) is 6.08 Å². The molecule has 1 fully saturated rings. The first-order valence-corrected chi connectivity index (χ1v) is 28.6. The molecule has 1 saturated heterocycles. The van der Waals surface area contributed by atoms with Crippen molar-refractivity contribution < 1.29 is 49.3 Å². The highest BCUT2D eigenvalue weighted by atomic mass is 16.7. The number of unbranched alkanes of at least 4 members (excludes halogenated alkanes) is 33. The zero-order valence-corrected chi connectivity index (χ0v) is 43.8. The van der Waals surface area contributed by atoms with Crippen molar-refractivity contribution in [2.75, 3.05) is 19.8 Å². The molecule has 400 valence electrons. The molecule has 1 rings (SSSR count). The average Bonchev–Trinajstić information content (AvgIpc) is 3.33. The largest absolute Gasteiger partial charge is 0.466 e. The summed E-state index contributed by atoms with van der Waals surface area (Å²) in [6.45, 7) is 4.26. The van der Waals surface area contributed by atoms with Gasteiger partial charge in [0.2, 0.25) is 5.91 Å². The summed E-state index contributed by atoms with van der Waals surface area (Å²) in [7, 11) is 0.